The van der Waals surface area contributed by atoms with Crippen molar-refractivity contribution in [3.8, 4) is 17.6 Å². The Hall–Kier alpha value is -2.18. The van der Waals surface area contributed by atoms with Gasteiger partial charge in [0.05, 0.1) is 25.7 Å². The first-order chi connectivity index (χ1) is 10.2. The van der Waals surface area contributed by atoms with Gasteiger partial charge in [-0.1, -0.05) is 29.8 Å². The number of para-hydroxylation sites is 1. The van der Waals surface area contributed by atoms with Gasteiger partial charge < -0.3 is 9.47 Å². The second-order valence-corrected chi connectivity index (χ2v) is 4.95. The molecule has 0 spiro atoms. The van der Waals surface area contributed by atoms with E-state index in [9.17, 15) is 5.26 Å². The van der Waals surface area contributed by atoms with Gasteiger partial charge in [0.2, 0.25) is 0 Å². The minimum atomic E-state index is -0.256. The predicted molar refractivity (Wildman–Crippen MR) is 82.9 cm³/mol. The number of hydrogen-bond acceptors (Lipinski definition) is 3. The van der Waals surface area contributed by atoms with E-state index in [2.05, 4.69) is 6.07 Å². The standard InChI is InChI=1S/C17H16ClNO2/c1-20-17-5-3-2-4-16(17)13(12-19)10-11-21-15-8-6-14(18)7-9-15/h2-9,13H,10-11H2,1H3. The maximum absolute atomic E-state index is 9.35. The first kappa shape index (κ1) is 15.2. The van der Waals surface area contributed by atoms with Gasteiger partial charge in [-0.3, -0.25) is 0 Å². The summed E-state index contributed by atoms with van der Waals surface area (Å²) in [5, 5.41) is 10.0. The molecule has 2 rings (SSSR count). The zero-order valence-corrected chi connectivity index (χ0v) is 12.5. The van der Waals surface area contributed by atoms with Gasteiger partial charge in [0.1, 0.15) is 11.5 Å². The van der Waals surface area contributed by atoms with Crippen LogP contribution < -0.4 is 9.47 Å². The maximum atomic E-state index is 9.35. The minimum Gasteiger partial charge on any atom is -0.496 e. The molecule has 0 bridgehead atoms. The first-order valence-corrected chi connectivity index (χ1v) is 7.03. The number of halogens is 1. The van der Waals surface area contributed by atoms with Crippen molar-refractivity contribution >= 4 is 11.6 Å². The van der Waals surface area contributed by atoms with Crippen molar-refractivity contribution in [2.24, 2.45) is 0 Å². The Morgan fingerprint density at radius 2 is 1.86 bits per heavy atom. The molecule has 0 fully saturated rings. The number of ether oxygens (including phenoxy) is 2. The Morgan fingerprint density at radius 1 is 1.14 bits per heavy atom. The van der Waals surface area contributed by atoms with Crippen molar-refractivity contribution < 1.29 is 9.47 Å². The van der Waals surface area contributed by atoms with E-state index in [4.69, 9.17) is 21.1 Å². The summed E-state index contributed by atoms with van der Waals surface area (Å²) in [5.74, 6) is 1.22. The molecule has 0 amide bonds. The normalized spacial score (nSPS) is 11.5. The summed E-state index contributed by atoms with van der Waals surface area (Å²) in [5.41, 5.74) is 0.891. The van der Waals surface area contributed by atoms with Crippen LogP contribution in [0.15, 0.2) is 48.5 Å². The monoisotopic (exact) mass is 301 g/mol. The summed E-state index contributed by atoms with van der Waals surface area (Å²) in [6, 6.07) is 17.1. The second kappa shape index (κ2) is 7.56. The van der Waals surface area contributed by atoms with Gasteiger partial charge in [-0.05, 0) is 30.3 Å². The first-order valence-electron chi connectivity index (χ1n) is 6.65. The van der Waals surface area contributed by atoms with Crippen LogP contribution >= 0.6 is 11.6 Å². The van der Waals surface area contributed by atoms with Crippen molar-refractivity contribution in [1.29, 1.82) is 5.26 Å². The van der Waals surface area contributed by atoms with Gasteiger partial charge in [0.25, 0.3) is 0 Å². The number of benzene rings is 2. The summed E-state index contributed by atoms with van der Waals surface area (Å²) in [4.78, 5) is 0. The Kier molecular flexibility index (Phi) is 5.48. The van der Waals surface area contributed by atoms with Crippen LogP contribution in [-0.4, -0.2) is 13.7 Å². The Bertz CT molecular complexity index is 619. The molecule has 0 aromatic heterocycles. The van der Waals surface area contributed by atoms with Crippen LogP contribution in [0.4, 0.5) is 0 Å². The molecule has 108 valence electrons. The van der Waals surface area contributed by atoms with E-state index in [0.717, 1.165) is 17.1 Å². The van der Waals surface area contributed by atoms with E-state index in [1.54, 1.807) is 19.2 Å². The number of rotatable bonds is 6. The summed E-state index contributed by atoms with van der Waals surface area (Å²) in [6.45, 7) is 0.456. The highest BCUT2D eigenvalue weighted by molar-refractivity contribution is 6.30. The summed E-state index contributed by atoms with van der Waals surface area (Å²) in [6.07, 6.45) is 0.597. The van der Waals surface area contributed by atoms with Crippen molar-refractivity contribution in [3.05, 3.63) is 59.1 Å². The third-order valence-electron chi connectivity index (χ3n) is 3.16. The molecular formula is C17H16ClNO2. The van der Waals surface area contributed by atoms with Crippen LogP contribution in [0.2, 0.25) is 5.02 Å². The van der Waals surface area contributed by atoms with E-state index in [1.807, 2.05) is 36.4 Å². The fourth-order valence-corrected chi connectivity index (χ4v) is 2.20. The van der Waals surface area contributed by atoms with Crippen LogP contribution in [0.25, 0.3) is 0 Å². The molecule has 2 aromatic rings. The summed E-state index contributed by atoms with van der Waals surface area (Å²) in [7, 11) is 1.61. The van der Waals surface area contributed by atoms with Crippen molar-refractivity contribution in [2.45, 2.75) is 12.3 Å². The average Bonchev–Trinajstić information content (AvgIpc) is 2.53. The molecule has 2 aromatic carbocycles. The number of nitrogens with zero attached hydrogens (tertiary/aromatic N) is 1. The highest BCUT2D eigenvalue weighted by Gasteiger charge is 2.15. The lowest BCUT2D eigenvalue weighted by molar-refractivity contribution is 0.304. The molecule has 21 heavy (non-hydrogen) atoms. The lowest BCUT2D eigenvalue weighted by atomic mass is 9.97. The molecule has 1 unspecified atom stereocenters. The Morgan fingerprint density at radius 3 is 2.52 bits per heavy atom. The van der Waals surface area contributed by atoms with Crippen molar-refractivity contribution in [1.82, 2.24) is 0 Å². The van der Waals surface area contributed by atoms with Crippen LogP contribution in [0.5, 0.6) is 11.5 Å². The molecular weight excluding hydrogens is 286 g/mol. The maximum Gasteiger partial charge on any atom is 0.123 e. The van der Waals surface area contributed by atoms with E-state index < -0.39 is 0 Å². The third kappa shape index (κ3) is 4.14. The minimum absolute atomic E-state index is 0.256. The van der Waals surface area contributed by atoms with E-state index in [-0.39, 0.29) is 5.92 Å². The number of hydrogen-bond donors (Lipinski definition) is 0. The van der Waals surface area contributed by atoms with E-state index in [0.29, 0.717) is 18.1 Å². The third-order valence-corrected chi connectivity index (χ3v) is 3.41. The zero-order chi connectivity index (χ0) is 15.1. The van der Waals surface area contributed by atoms with Gasteiger partial charge in [-0.2, -0.15) is 5.26 Å². The molecule has 0 aliphatic carbocycles. The molecule has 1 atom stereocenters. The van der Waals surface area contributed by atoms with Crippen molar-refractivity contribution in [2.75, 3.05) is 13.7 Å². The smallest absolute Gasteiger partial charge is 0.123 e. The fourth-order valence-electron chi connectivity index (χ4n) is 2.07. The Balaban J connectivity index is 1.97. The lowest BCUT2D eigenvalue weighted by Crippen LogP contribution is -2.06. The molecule has 3 nitrogen and oxygen atoms in total. The quantitative estimate of drug-likeness (QED) is 0.793. The van der Waals surface area contributed by atoms with Gasteiger partial charge in [0, 0.05) is 17.0 Å². The molecule has 0 saturated carbocycles. The topological polar surface area (TPSA) is 42.2 Å². The Labute approximate surface area is 129 Å². The predicted octanol–water partition coefficient (Wildman–Crippen LogP) is 4.42. The van der Waals surface area contributed by atoms with Crippen LogP contribution in [0.3, 0.4) is 0 Å². The lowest BCUT2D eigenvalue weighted by Gasteiger charge is -2.14. The summed E-state index contributed by atoms with van der Waals surface area (Å²) < 4.78 is 10.9. The molecule has 0 aliphatic heterocycles. The van der Waals surface area contributed by atoms with Gasteiger partial charge in [0.15, 0.2) is 0 Å². The van der Waals surface area contributed by atoms with Gasteiger partial charge in [-0.25, -0.2) is 0 Å². The van der Waals surface area contributed by atoms with Gasteiger partial charge in [-0.15, -0.1) is 0 Å². The number of nitriles is 1. The molecule has 0 aliphatic rings. The largest absolute Gasteiger partial charge is 0.496 e. The summed E-state index contributed by atoms with van der Waals surface area (Å²) >= 11 is 5.82. The molecule has 0 radical (unpaired) electrons. The average molecular weight is 302 g/mol. The zero-order valence-electron chi connectivity index (χ0n) is 11.8. The molecule has 0 N–H and O–H groups in total. The van der Waals surface area contributed by atoms with Crippen LogP contribution in [0.1, 0.15) is 17.9 Å². The fraction of sp³-hybridized carbons (Fsp3) is 0.235. The number of methoxy groups -OCH3 is 1. The second-order valence-electron chi connectivity index (χ2n) is 4.51. The van der Waals surface area contributed by atoms with Crippen molar-refractivity contribution in [3.63, 3.8) is 0 Å². The van der Waals surface area contributed by atoms with Gasteiger partial charge >= 0.3 is 0 Å². The van der Waals surface area contributed by atoms with Crippen LogP contribution in [-0.2, 0) is 0 Å². The van der Waals surface area contributed by atoms with E-state index in [1.165, 1.54) is 0 Å². The molecule has 0 heterocycles. The van der Waals surface area contributed by atoms with Crippen LogP contribution in [0, 0.1) is 11.3 Å². The highest BCUT2D eigenvalue weighted by Crippen LogP contribution is 2.28. The van der Waals surface area contributed by atoms with E-state index >= 15 is 0 Å². The molecule has 0 saturated heterocycles. The SMILES string of the molecule is COc1ccccc1C(C#N)CCOc1ccc(Cl)cc1. The molecule has 4 heteroatoms. The highest BCUT2D eigenvalue weighted by atomic mass is 35.5.